The van der Waals surface area contributed by atoms with Crippen LogP contribution in [0.4, 0.5) is 0 Å². The third kappa shape index (κ3) is 2.14. The lowest BCUT2D eigenvalue weighted by Crippen LogP contribution is -2.38. The molecule has 1 N–H and O–H groups in total. The standard InChI is InChI=1S/C22H23N3O/c26-20(24-15-18-14-23-19-10-4-7-13-25(18)19)22(17-8-2-1-3-9-17)16-21(22)11-5-6-12-21/h1-4,7-10,13-14H,5-6,11-12,15-16H2,(H,24,26)/t22-/m0/s1. The molecule has 4 heteroatoms. The Morgan fingerprint density at radius 3 is 2.65 bits per heavy atom. The molecule has 1 atom stereocenters. The number of pyridine rings is 1. The summed E-state index contributed by atoms with van der Waals surface area (Å²) in [5.41, 5.74) is 2.94. The van der Waals surface area contributed by atoms with Gasteiger partial charge in [0.1, 0.15) is 5.65 Å². The van der Waals surface area contributed by atoms with Gasteiger partial charge in [-0.05, 0) is 42.4 Å². The third-order valence-electron chi connectivity index (χ3n) is 6.52. The van der Waals surface area contributed by atoms with Gasteiger partial charge in [-0.15, -0.1) is 0 Å². The van der Waals surface area contributed by atoms with Gasteiger partial charge in [-0.2, -0.15) is 0 Å². The Kier molecular flexibility index (Phi) is 3.42. The van der Waals surface area contributed by atoms with Crippen LogP contribution in [0.1, 0.15) is 43.4 Å². The van der Waals surface area contributed by atoms with Crippen molar-refractivity contribution >= 4 is 11.6 Å². The first-order valence-corrected chi connectivity index (χ1v) is 9.50. The molecule has 1 spiro atoms. The van der Waals surface area contributed by atoms with Crippen molar-refractivity contribution in [3.8, 4) is 0 Å². The topological polar surface area (TPSA) is 46.4 Å². The zero-order chi connectivity index (χ0) is 17.6. The predicted molar refractivity (Wildman–Crippen MR) is 101 cm³/mol. The van der Waals surface area contributed by atoms with Gasteiger partial charge in [-0.25, -0.2) is 4.98 Å². The maximum Gasteiger partial charge on any atom is 0.231 e. The van der Waals surface area contributed by atoms with Crippen molar-refractivity contribution in [2.75, 3.05) is 0 Å². The molecule has 0 radical (unpaired) electrons. The monoisotopic (exact) mass is 345 g/mol. The van der Waals surface area contributed by atoms with Crippen molar-refractivity contribution in [3.05, 3.63) is 72.2 Å². The lowest BCUT2D eigenvalue weighted by Gasteiger charge is -2.22. The van der Waals surface area contributed by atoms with E-state index < -0.39 is 0 Å². The Bertz CT molecular complexity index is 956. The first-order chi connectivity index (χ1) is 12.8. The summed E-state index contributed by atoms with van der Waals surface area (Å²) in [4.78, 5) is 17.8. The number of amides is 1. The van der Waals surface area contributed by atoms with Crippen molar-refractivity contribution in [1.82, 2.24) is 14.7 Å². The highest BCUT2D eigenvalue weighted by Gasteiger charge is 2.72. The number of nitrogens with zero attached hydrogens (tertiary/aromatic N) is 2. The normalized spacial score (nSPS) is 23.4. The molecule has 2 heterocycles. The van der Waals surface area contributed by atoms with E-state index in [0.717, 1.165) is 17.8 Å². The second-order valence-corrected chi connectivity index (χ2v) is 7.80. The van der Waals surface area contributed by atoms with Crippen LogP contribution in [0, 0.1) is 5.41 Å². The molecule has 26 heavy (non-hydrogen) atoms. The summed E-state index contributed by atoms with van der Waals surface area (Å²) in [5.74, 6) is 0.177. The van der Waals surface area contributed by atoms with E-state index in [1.54, 1.807) is 0 Å². The van der Waals surface area contributed by atoms with Crippen LogP contribution in [0.5, 0.6) is 0 Å². The Morgan fingerprint density at radius 1 is 1.08 bits per heavy atom. The molecular weight excluding hydrogens is 322 g/mol. The van der Waals surface area contributed by atoms with Gasteiger partial charge in [-0.1, -0.05) is 49.2 Å². The van der Waals surface area contributed by atoms with Crippen LogP contribution in [0.25, 0.3) is 5.65 Å². The van der Waals surface area contributed by atoms with Gasteiger partial charge in [0.05, 0.1) is 23.9 Å². The number of fused-ring (bicyclic) bond motifs is 1. The second-order valence-electron chi connectivity index (χ2n) is 7.80. The van der Waals surface area contributed by atoms with Crippen LogP contribution >= 0.6 is 0 Å². The summed E-state index contributed by atoms with van der Waals surface area (Å²) in [6.45, 7) is 0.509. The largest absolute Gasteiger partial charge is 0.350 e. The molecule has 2 aliphatic carbocycles. The maximum absolute atomic E-state index is 13.4. The van der Waals surface area contributed by atoms with Gasteiger partial charge >= 0.3 is 0 Å². The Hall–Kier alpha value is -2.62. The van der Waals surface area contributed by atoms with Crippen LogP contribution in [0.3, 0.4) is 0 Å². The molecule has 0 saturated heterocycles. The van der Waals surface area contributed by atoms with Gasteiger partial charge in [0, 0.05) is 6.20 Å². The molecule has 2 aliphatic rings. The van der Waals surface area contributed by atoms with Crippen LogP contribution in [-0.4, -0.2) is 15.3 Å². The van der Waals surface area contributed by atoms with Crippen molar-refractivity contribution in [1.29, 1.82) is 0 Å². The highest BCUT2D eigenvalue weighted by Crippen LogP contribution is 2.72. The second kappa shape index (κ2) is 5.70. The molecule has 0 unspecified atom stereocenters. The van der Waals surface area contributed by atoms with E-state index in [1.807, 2.05) is 41.1 Å². The van der Waals surface area contributed by atoms with E-state index in [-0.39, 0.29) is 16.7 Å². The Balaban J connectivity index is 1.42. The molecule has 2 aromatic heterocycles. The molecule has 0 bridgehead atoms. The quantitative estimate of drug-likeness (QED) is 0.781. The lowest BCUT2D eigenvalue weighted by molar-refractivity contribution is -0.124. The van der Waals surface area contributed by atoms with E-state index >= 15 is 0 Å². The maximum atomic E-state index is 13.4. The first-order valence-electron chi connectivity index (χ1n) is 9.50. The number of carbonyl (C=O) groups is 1. The number of imidazole rings is 1. The number of carbonyl (C=O) groups excluding carboxylic acids is 1. The van der Waals surface area contributed by atoms with E-state index in [9.17, 15) is 4.79 Å². The molecule has 5 rings (SSSR count). The smallest absolute Gasteiger partial charge is 0.231 e. The highest BCUT2D eigenvalue weighted by atomic mass is 16.2. The molecule has 132 valence electrons. The molecular formula is C22H23N3O. The molecule has 1 amide bonds. The summed E-state index contributed by atoms with van der Waals surface area (Å²) >= 11 is 0. The molecule has 2 saturated carbocycles. The van der Waals surface area contributed by atoms with Crippen LogP contribution in [-0.2, 0) is 16.8 Å². The summed E-state index contributed by atoms with van der Waals surface area (Å²) in [6.07, 6.45) is 9.67. The average molecular weight is 345 g/mol. The minimum Gasteiger partial charge on any atom is -0.350 e. The fourth-order valence-electron chi connectivity index (χ4n) is 5.14. The summed E-state index contributed by atoms with van der Waals surface area (Å²) in [5, 5.41) is 3.23. The SMILES string of the molecule is O=C(NCc1cnc2ccccn12)[C@@]1(c2ccccc2)CC12CCCC2. The molecule has 4 nitrogen and oxygen atoms in total. The molecule has 0 aliphatic heterocycles. The average Bonchev–Trinajstić information content (AvgIpc) is 2.98. The van der Waals surface area contributed by atoms with E-state index in [0.29, 0.717) is 6.54 Å². The first kappa shape index (κ1) is 15.6. The number of aromatic nitrogens is 2. The minimum absolute atomic E-state index is 0.177. The summed E-state index contributed by atoms with van der Waals surface area (Å²) in [7, 11) is 0. The molecule has 1 aromatic carbocycles. The van der Waals surface area contributed by atoms with Gasteiger partial charge in [0.2, 0.25) is 5.91 Å². The van der Waals surface area contributed by atoms with Crippen molar-refractivity contribution in [2.24, 2.45) is 5.41 Å². The van der Waals surface area contributed by atoms with Crippen LogP contribution in [0.15, 0.2) is 60.9 Å². The number of rotatable bonds is 4. The number of hydrogen-bond acceptors (Lipinski definition) is 2. The van der Waals surface area contributed by atoms with Gasteiger partial charge in [0.15, 0.2) is 0 Å². The minimum atomic E-state index is -0.342. The number of benzene rings is 1. The predicted octanol–water partition coefficient (Wildman–Crippen LogP) is 3.85. The lowest BCUT2D eigenvalue weighted by atomic mass is 9.84. The van der Waals surface area contributed by atoms with Gasteiger partial charge in [-0.3, -0.25) is 4.79 Å². The zero-order valence-corrected chi connectivity index (χ0v) is 14.8. The van der Waals surface area contributed by atoms with Crippen LogP contribution in [0.2, 0.25) is 0 Å². The fraction of sp³-hybridized carbons (Fsp3) is 0.364. The number of hydrogen-bond donors (Lipinski definition) is 1. The number of nitrogens with one attached hydrogen (secondary N) is 1. The van der Waals surface area contributed by atoms with Gasteiger partial charge in [0.25, 0.3) is 0 Å². The van der Waals surface area contributed by atoms with E-state index in [4.69, 9.17) is 0 Å². The zero-order valence-electron chi connectivity index (χ0n) is 14.8. The van der Waals surface area contributed by atoms with Crippen molar-refractivity contribution in [2.45, 2.75) is 44.1 Å². The van der Waals surface area contributed by atoms with Crippen molar-refractivity contribution in [3.63, 3.8) is 0 Å². The Morgan fingerprint density at radius 2 is 1.85 bits per heavy atom. The fourth-order valence-corrected chi connectivity index (χ4v) is 5.14. The molecule has 2 fully saturated rings. The van der Waals surface area contributed by atoms with Gasteiger partial charge < -0.3 is 9.72 Å². The summed E-state index contributed by atoms with van der Waals surface area (Å²) in [6, 6.07) is 16.3. The summed E-state index contributed by atoms with van der Waals surface area (Å²) < 4.78 is 2.04. The van der Waals surface area contributed by atoms with E-state index in [2.05, 4.69) is 34.6 Å². The van der Waals surface area contributed by atoms with E-state index in [1.165, 1.54) is 31.2 Å². The van der Waals surface area contributed by atoms with Crippen molar-refractivity contribution < 1.29 is 4.79 Å². The third-order valence-corrected chi connectivity index (χ3v) is 6.52. The molecule has 3 aromatic rings. The van der Waals surface area contributed by atoms with Crippen LogP contribution < -0.4 is 5.32 Å². The Labute approximate surface area is 153 Å². The highest BCUT2D eigenvalue weighted by molar-refractivity contribution is 5.93.